The van der Waals surface area contributed by atoms with E-state index in [1.165, 1.54) is 41.6 Å². The summed E-state index contributed by atoms with van der Waals surface area (Å²) in [6.07, 6.45) is 3.40. The summed E-state index contributed by atoms with van der Waals surface area (Å²) in [5.74, 6) is 1.30. The molecule has 9 nitrogen and oxygen atoms in total. The number of benzene rings is 2. The molecule has 0 amide bonds. The van der Waals surface area contributed by atoms with E-state index in [0.29, 0.717) is 22.8 Å². The third-order valence-corrected chi connectivity index (χ3v) is 4.29. The molecule has 2 rings (SSSR count). The maximum Gasteiger partial charge on any atom is 1.00 e. The molecule has 0 aliphatic rings. The van der Waals surface area contributed by atoms with Crippen LogP contribution in [0.3, 0.4) is 0 Å². The molecule has 1 N–H and O–H groups in total. The average Bonchev–Trinajstić information content (AvgIpc) is 2.70. The number of ether oxygens (including phenoxy) is 5. The molecule has 1 unspecified atom stereocenters. The molecule has 0 aliphatic carbocycles. The van der Waals surface area contributed by atoms with Crippen LogP contribution in [0.25, 0.3) is 12.2 Å². The largest absolute Gasteiger partial charge is 1.00 e. The van der Waals surface area contributed by atoms with Crippen molar-refractivity contribution in [3.63, 3.8) is 0 Å². The summed E-state index contributed by atoms with van der Waals surface area (Å²) < 4.78 is 42.2. The van der Waals surface area contributed by atoms with Crippen molar-refractivity contribution in [3.8, 4) is 34.5 Å². The molecule has 0 spiro atoms. The smallest absolute Gasteiger partial charge is 0.746 e. The van der Waals surface area contributed by atoms with Crippen LogP contribution in [-0.4, -0.2) is 70.0 Å². The first-order chi connectivity index (χ1) is 13.8. The average molecular weight is 471 g/mol. The molecule has 0 heterocycles. The van der Waals surface area contributed by atoms with Crippen LogP contribution < -0.4 is 62.7 Å². The minimum Gasteiger partial charge on any atom is -0.746 e. The molecular formula is C19H22Na2O9P. The van der Waals surface area contributed by atoms with Gasteiger partial charge in [-0.1, -0.05) is 12.2 Å². The van der Waals surface area contributed by atoms with Gasteiger partial charge in [-0.25, -0.2) is 0 Å². The maximum absolute atomic E-state index is 11.2. The predicted molar refractivity (Wildman–Crippen MR) is 111 cm³/mol. The van der Waals surface area contributed by atoms with Gasteiger partial charge in [0.15, 0.2) is 23.0 Å². The summed E-state index contributed by atoms with van der Waals surface area (Å²) in [5.41, 5.74) is 1.20. The van der Waals surface area contributed by atoms with Gasteiger partial charge in [0, 0.05) is 35.1 Å². The van der Waals surface area contributed by atoms with Crippen LogP contribution in [0.4, 0.5) is 0 Å². The number of hydrogen-bond donors (Lipinski definition) is 1. The van der Waals surface area contributed by atoms with Crippen LogP contribution in [0.2, 0.25) is 0 Å². The van der Waals surface area contributed by atoms with E-state index in [1.807, 2.05) is 0 Å². The molecule has 2 aromatic carbocycles. The molecule has 159 valence electrons. The maximum atomic E-state index is 11.2. The minimum atomic E-state index is -5.08. The van der Waals surface area contributed by atoms with Crippen molar-refractivity contribution in [3.05, 3.63) is 35.4 Å². The Balaban J connectivity index is 0.00000450. The van der Waals surface area contributed by atoms with Crippen molar-refractivity contribution in [2.75, 3.05) is 35.5 Å². The van der Waals surface area contributed by atoms with E-state index in [-0.39, 0.29) is 76.4 Å². The number of rotatable bonds is 9. The Kier molecular flexibility index (Phi) is 13.2. The van der Waals surface area contributed by atoms with Gasteiger partial charge in [0.1, 0.15) is 0 Å². The van der Waals surface area contributed by atoms with Gasteiger partial charge in [-0.15, -0.1) is 0 Å². The van der Waals surface area contributed by atoms with E-state index in [1.54, 1.807) is 30.4 Å². The van der Waals surface area contributed by atoms with E-state index in [9.17, 15) is 9.46 Å². The van der Waals surface area contributed by atoms with Crippen LogP contribution in [0, 0.1) is 0 Å². The molecule has 0 fully saturated rings. The molecule has 0 aromatic heterocycles. The third kappa shape index (κ3) is 7.89. The number of hydrogen-bond acceptors (Lipinski definition) is 8. The zero-order valence-electron chi connectivity index (χ0n) is 18.6. The molecule has 31 heavy (non-hydrogen) atoms. The van der Waals surface area contributed by atoms with Crippen molar-refractivity contribution in [1.29, 1.82) is 0 Å². The Hall–Kier alpha value is -0.870. The first-order valence-corrected chi connectivity index (χ1v) is 9.74. The van der Waals surface area contributed by atoms with Gasteiger partial charge >= 0.3 is 37.4 Å². The Bertz CT molecular complexity index is 919. The predicted octanol–water partition coefficient (Wildman–Crippen LogP) is -0.637. The Labute approximate surface area is 225 Å². The Morgan fingerprint density at radius 3 is 1.74 bits per heavy atom. The quantitative estimate of drug-likeness (QED) is 0.290. The van der Waals surface area contributed by atoms with Crippen LogP contribution in [0.5, 0.6) is 34.5 Å². The van der Waals surface area contributed by atoms with E-state index in [4.69, 9.17) is 28.6 Å². The second-order valence-corrected chi connectivity index (χ2v) is 6.69. The molecular weight excluding hydrogens is 449 g/mol. The summed E-state index contributed by atoms with van der Waals surface area (Å²) in [6.45, 7) is 0. The molecule has 0 saturated carbocycles. The van der Waals surface area contributed by atoms with Crippen LogP contribution >= 0.6 is 7.82 Å². The number of phosphoric acid groups is 1. The van der Waals surface area contributed by atoms with Crippen molar-refractivity contribution in [2.45, 2.75) is 0 Å². The SMILES string of the molecule is COc1cc(/C=C\c2ccc(OC)c(OP(=O)([O-])O)c2OC)cc(OC)c1OC.[Na+].[Na]. The van der Waals surface area contributed by atoms with Gasteiger partial charge in [0.05, 0.1) is 35.5 Å². The summed E-state index contributed by atoms with van der Waals surface area (Å²) in [6, 6.07) is 6.62. The topological polar surface area (TPSA) is 116 Å². The Morgan fingerprint density at radius 1 is 0.806 bits per heavy atom. The van der Waals surface area contributed by atoms with Gasteiger partial charge in [0.2, 0.25) is 11.5 Å². The summed E-state index contributed by atoms with van der Waals surface area (Å²) in [5, 5.41) is 0. The van der Waals surface area contributed by atoms with Gasteiger partial charge in [0.25, 0.3) is 0 Å². The molecule has 12 heteroatoms. The van der Waals surface area contributed by atoms with E-state index in [2.05, 4.69) is 4.52 Å². The van der Waals surface area contributed by atoms with Crippen LogP contribution in [0.15, 0.2) is 24.3 Å². The molecule has 1 radical (unpaired) electrons. The summed E-state index contributed by atoms with van der Waals surface area (Å²) >= 11 is 0. The zero-order valence-corrected chi connectivity index (χ0v) is 23.5. The first kappa shape index (κ1) is 30.1. The Morgan fingerprint density at radius 2 is 1.32 bits per heavy atom. The van der Waals surface area contributed by atoms with Crippen LogP contribution in [0.1, 0.15) is 11.1 Å². The van der Waals surface area contributed by atoms with Gasteiger partial charge < -0.3 is 38.0 Å². The fourth-order valence-electron chi connectivity index (χ4n) is 2.65. The number of phosphoric ester groups is 1. The third-order valence-electron chi connectivity index (χ3n) is 3.88. The van der Waals surface area contributed by atoms with E-state index in [0.717, 1.165) is 5.56 Å². The van der Waals surface area contributed by atoms with E-state index >= 15 is 0 Å². The van der Waals surface area contributed by atoms with Crippen molar-refractivity contribution < 1.29 is 72.1 Å². The summed E-state index contributed by atoms with van der Waals surface area (Å²) in [7, 11) is 2.13. The summed E-state index contributed by atoms with van der Waals surface area (Å²) in [4.78, 5) is 20.3. The standard InChI is InChI=1S/C19H23O9P.2Na/c1-23-14-9-8-13(17(26-4)19(14)28-29(20,21)22)7-6-12-10-15(24-2)18(27-5)16(11-12)25-3;;/h6-11H,1-5H3,(H2,20,21,22);;/q;;+1/p-1/b7-6-;;. The van der Waals surface area contributed by atoms with Crippen molar-refractivity contribution >= 4 is 49.5 Å². The molecule has 0 saturated heterocycles. The second kappa shape index (κ2) is 13.6. The van der Waals surface area contributed by atoms with Crippen molar-refractivity contribution in [1.82, 2.24) is 0 Å². The van der Waals surface area contributed by atoms with Gasteiger partial charge in [-0.05, 0) is 29.8 Å². The van der Waals surface area contributed by atoms with Gasteiger partial charge in [-0.2, -0.15) is 0 Å². The van der Waals surface area contributed by atoms with Gasteiger partial charge in [-0.3, -0.25) is 4.57 Å². The zero-order chi connectivity index (χ0) is 21.6. The van der Waals surface area contributed by atoms with Crippen LogP contribution in [-0.2, 0) is 4.57 Å². The molecule has 1 atom stereocenters. The van der Waals surface area contributed by atoms with E-state index < -0.39 is 7.82 Å². The normalized spacial score (nSPS) is 12.1. The molecule has 0 bridgehead atoms. The molecule has 0 aliphatic heterocycles. The minimum absolute atomic E-state index is 0. The molecule has 2 aromatic rings. The van der Waals surface area contributed by atoms with Crippen molar-refractivity contribution in [2.24, 2.45) is 0 Å². The fraction of sp³-hybridized carbons (Fsp3) is 0.263. The first-order valence-electron chi connectivity index (χ1n) is 8.24. The second-order valence-electron chi connectivity index (χ2n) is 5.57. The fourth-order valence-corrected chi connectivity index (χ4v) is 3.05. The monoisotopic (exact) mass is 471 g/mol. The number of methoxy groups -OCH3 is 5.